The molecule has 1 aliphatic carbocycles. The number of rotatable bonds is 3. The van der Waals surface area contributed by atoms with Gasteiger partial charge >= 0.3 is 0 Å². The number of ether oxygens (including phenoxy) is 1. The quantitative estimate of drug-likeness (QED) is 0.839. The SMILES string of the molecule is Cc1cnc(N2CC(OC3CCCCC3)C2)c(F)c1. The molecule has 1 saturated carbocycles. The van der Waals surface area contributed by atoms with E-state index in [1.54, 1.807) is 6.20 Å². The topological polar surface area (TPSA) is 25.4 Å². The standard InChI is InChI=1S/C15H21FN2O/c1-11-7-14(16)15(17-8-11)18-9-13(10-18)19-12-5-3-2-4-6-12/h7-8,12-13H,2-6,9-10H2,1H3. The van der Waals surface area contributed by atoms with Gasteiger partial charge in [-0.25, -0.2) is 9.37 Å². The lowest BCUT2D eigenvalue weighted by Crippen LogP contribution is -2.54. The van der Waals surface area contributed by atoms with Crippen LogP contribution in [0.15, 0.2) is 12.3 Å². The first kappa shape index (κ1) is 12.9. The first-order valence-corrected chi connectivity index (χ1v) is 7.25. The lowest BCUT2D eigenvalue weighted by molar-refractivity contribution is -0.0418. The lowest BCUT2D eigenvalue weighted by atomic mass is 9.97. The molecular formula is C15H21FN2O. The maximum absolute atomic E-state index is 13.8. The van der Waals surface area contributed by atoms with Gasteiger partial charge in [0.2, 0.25) is 0 Å². The number of aryl methyl sites for hydroxylation is 1. The van der Waals surface area contributed by atoms with Crippen LogP contribution in [-0.2, 0) is 4.74 Å². The van der Waals surface area contributed by atoms with Crippen molar-refractivity contribution in [3.8, 4) is 0 Å². The summed E-state index contributed by atoms with van der Waals surface area (Å²) in [6.45, 7) is 3.39. The summed E-state index contributed by atoms with van der Waals surface area (Å²) in [6.07, 6.45) is 8.69. The fraction of sp³-hybridized carbons (Fsp3) is 0.667. The summed E-state index contributed by atoms with van der Waals surface area (Å²) in [7, 11) is 0. The molecule has 0 spiro atoms. The van der Waals surface area contributed by atoms with Gasteiger partial charge in [-0.05, 0) is 31.4 Å². The zero-order valence-electron chi connectivity index (χ0n) is 11.4. The Bertz CT molecular complexity index is 440. The van der Waals surface area contributed by atoms with E-state index in [1.165, 1.54) is 38.2 Å². The second-order valence-corrected chi connectivity index (χ2v) is 5.74. The van der Waals surface area contributed by atoms with Crippen molar-refractivity contribution in [2.45, 2.75) is 51.2 Å². The van der Waals surface area contributed by atoms with Crippen molar-refractivity contribution >= 4 is 5.82 Å². The van der Waals surface area contributed by atoms with Crippen LogP contribution in [0.3, 0.4) is 0 Å². The van der Waals surface area contributed by atoms with Crippen LogP contribution >= 0.6 is 0 Å². The molecule has 2 heterocycles. The summed E-state index contributed by atoms with van der Waals surface area (Å²) in [5.41, 5.74) is 0.858. The third-order valence-electron chi connectivity index (χ3n) is 4.04. The molecule has 3 nitrogen and oxygen atoms in total. The fourth-order valence-corrected chi connectivity index (χ4v) is 2.93. The van der Waals surface area contributed by atoms with Gasteiger partial charge in [0.1, 0.15) is 0 Å². The summed E-state index contributed by atoms with van der Waals surface area (Å²) in [6, 6.07) is 1.54. The molecule has 0 aromatic carbocycles. The Morgan fingerprint density at radius 3 is 2.63 bits per heavy atom. The number of nitrogens with zero attached hydrogens (tertiary/aromatic N) is 2. The van der Waals surface area contributed by atoms with Crippen molar-refractivity contribution in [2.24, 2.45) is 0 Å². The number of halogens is 1. The zero-order chi connectivity index (χ0) is 13.2. The minimum atomic E-state index is -0.226. The number of anilines is 1. The van der Waals surface area contributed by atoms with Crippen LogP contribution < -0.4 is 4.90 Å². The second-order valence-electron chi connectivity index (χ2n) is 5.74. The van der Waals surface area contributed by atoms with E-state index in [0.29, 0.717) is 11.9 Å². The highest BCUT2D eigenvalue weighted by Gasteiger charge is 2.32. The first-order chi connectivity index (χ1) is 9.22. The highest BCUT2D eigenvalue weighted by molar-refractivity contribution is 5.44. The van der Waals surface area contributed by atoms with Gasteiger partial charge in [-0.15, -0.1) is 0 Å². The van der Waals surface area contributed by atoms with Gasteiger partial charge in [-0.2, -0.15) is 0 Å². The molecule has 1 aromatic heterocycles. The normalized spacial score (nSPS) is 21.5. The Labute approximate surface area is 113 Å². The lowest BCUT2D eigenvalue weighted by Gasteiger charge is -2.42. The van der Waals surface area contributed by atoms with Gasteiger partial charge in [0, 0.05) is 19.3 Å². The molecule has 0 amide bonds. The van der Waals surface area contributed by atoms with Crippen LogP contribution in [0.4, 0.5) is 10.2 Å². The predicted octanol–water partition coefficient (Wildman–Crippen LogP) is 3.07. The average molecular weight is 264 g/mol. The van der Waals surface area contributed by atoms with Gasteiger partial charge in [-0.1, -0.05) is 19.3 Å². The van der Waals surface area contributed by atoms with Crippen molar-refractivity contribution in [1.82, 2.24) is 4.98 Å². The summed E-state index contributed by atoms with van der Waals surface area (Å²) in [5.74, 6) is 0.241. The summed E-state index contributed by atoms with van der Waals surface area (Å²) >= 11 is 0. The van der Waals surface area contributed by atoms with Crippen molar-refractivity contribution in [3.05, 3.63) is 23.6 Å². The Kier molecular flexibility index (Phi) is 3.69. The van der Waals surface area contributed by atoms with E-state index in [1.807, 2.05) is 11.8 Å². The molecule has 0 bridgehead atoms. The van der Waals surface area contributed by atoms with Crippen LogP contribution in [0.1, 0.15) is 37.7 Å². The minimum Gasteiger partial charge on any atom is -0.371 e. The Morgan fingerprint density at radius 2 is 1.95 bits per heavy atom. The average Bonchev–Trinajstić information content (AvgIpc) is 2.36. The number of hydrogen-bond acceptors (Lipinski definition) is 3. The highest BCUT2D eigenvalue weighted by atomic mass is 19.1. The van der Waals surface area contributed by atoms with E-state index in [9.17, 15) is 4.39 Å². The largest absolute Gasteiger partial charge is 0.371 e. The summed E-state index contributed by atoms with van der Waals surface area (Å²) < 4.78 is 19.8. The summed E-state index contributed by atoms with van der Waals surface area (Å²) in [5, 5.41) is 0. The molecular weight excluding hydrogens is 243 g/mol. The molecule has 19 heavy (non-hydrogen) atoms. The van der Waals surface area contributed by atoms with Crippen LogP contribution in [0, 0.1) is 12.7 Å². The van der Waals surface area contributed by atoms with Crippen LogP contribution in [0.2, 0.25) is 0 Å². The predicted molar refractivity (Wildman–Crippen MR) is 72.9 cm³/mol. The Morgan fingerprint density at radius 1 is 1.21 bits per heavy atom. The van der Waals surface area contributed by atoms with Crippen molar-refractivity contribution in [3.63, 3.8) is 0 Å². The van der Waals surface area contributed by atoms with Crippen molar-refractivity contribution < 1.29 is 9.13 Å². The van der Waals surface area contributed by atoms with Crippen LogP contribution in [0.25, 0.3) is 0 Å². The molecule has 1 aliphatic heterocycles. The van der Waals surface area contributed by atoms with Gasteiger partial charge in [0.25, 0.3) is 0 Å². The number of pyridine rings is 1. The van der Waals surface area contributed by atoms with Crippen LogP contribution in [-0.4, -0.2) is 30.3 Å². The van der Waals surface area contributed by atoms with E-state index >= 15 is 0 Å². The second kappa shape index (κ2) is 5.45. The number of aromatic nitrogens is 1. The van der Waals surface area contributed by atoms with E-state index < -0.39 is 0 Å². The zero-order valence-corrected chi connectivity index (χ0v) is 11.4. The van der Waals surface area contributed by atoms with E-state index in [-0.39, 0.29) is 11.9 Å². The van der Waals surface area contributed by atoms with E-state index in [4.69, 9.17) is 4.74 Å². The molecule has 1 saturated heterocycles. The van der Waals surface area contributed by atoms with Crippen molar-refractivity contribution in [1.29, 1.82) is 0 Å². The number of hydrogen-bond donors (Lipinski definition) is 0. The Hall–Kier alpha value is -1.16. The Balaban J connectivity index is 1.51. The maximum Gasteiger partial charge on any atom is 0.165 e. The molecule has 4 heteroatoms. The third kappa shape index (κ3) is 2.89. The van der Waals surface area contributed by atoms with Gasteiger partial charge in [0.15, 0.2) is 11.6 Å². The fourth-order valence-electron chi connectivity index (χ4n) is 2.93. The molecule has 0 N–H and O–H groups in total. The molecule has 1 aromatic rings. The van der Waals surface area contributed by atoms with Gasteiger partial charge < -0.3 is 9.64 Å². The smallest absolute Gasteiger partial charge is 0.165 e. The molecule has 2 aliphatic rings. The molecule has 2 fully saturated rings. The van der Waals surface area contributed by atoms with Crippen molar-refractivity contribution in [2.75, 3.05) is 18.0 Å². The first-order valence-electron chi connectivity index (χ1n) is 7.25. The molecule has 0 atom stereocenters. The molecule has 104 valence electrons. The highest BCUT2D eigenvalue weighted by Crippen LogP contribution is 2.27. The molecule has 3 rings (SSSR count). The minimum absolute atomic E-state index is 0.226. The molecule has 0 unspecified atom stereocenters. The summed E-state index contributed by atoms with van der Waals surface area (Å²) in [4.78, 5) is 6.14. The molecule has 0 radical (unpaired) electrons. The van der Waals surface area contributed by atoms with E-state index in [2.05, 4.69) is 4.98 Å². The van der Waals surface area contributed by atoms with Gasteiger partial charge in [-0.3, -0.25) is 0 Å². The van der Waals surface area contributed by atoms with E-state index in [0.717, 1.165) is 18.7 Å². The third-order valence-corrected chi connectivity index (χ3v) is 4.04. The monoisotopic (exact) mass is 264 g/mol. The van der Waals surface area contributed by atoms with Crippen LogP contribution in [0.5, 0.6) is 0 Å². The maximum atomic E-state index is 13.8. The van der Waals surface area contributed by atoms with Gasteiger partial charge in [0.05, 0.1) is 12.2 Å².